The van der Waals surface area contributed by atoms with Gasteiger partial charge in [-0.05, 0) is 67.1 Å². The van der Waals surface area contributed by atoms with Crippen molar-refractivity contribution in [2.75, 3.05) is 17.2 Å². The molecule has 9 heteroatoms. The van der Waals surface area contributed by atoms with Crippen LogP contribution in [0.2, 0.25) is 0 Å². The summed E-state index contributed by atoms with van der Waals surface area (Å²) in [6.07, 6.45) is 6.57. The van der Waals surface area contributed by atoms with Crippen molar-refractivity contribution in [1.82, 2.24) is 4.98 Å². The van der Waals surface area contributed by atoms with Crippen molar-refractivity contribution in [2.45, 2.75) is 39.5 Å². The van der Waals surface area contributed by atoms with Gasteiger partial charge in [-0.1, -0.05) is 30.3 Å². The largest absolute Gasteiger partial charge is 0.462 e. The number of ketones is 1. The summed E-state index contributed by atoms with van der Waals surface area (Å²) in [6.45, 7) is 3.78. The van der Waals surface area contributed by atoms with Gasteiger partial charge in [-0.2, -0.15) is 0 Å². The van der Waals surface area contributed by atoms with Crippen LogP contribution in [0.1, 0.15) is 56.6 Å². The van der Waals surface area contributed by atoms with E-state index in [2.05, 4.69) is 31.5 Å². The van der Waals surface area contributed by atoms with Gasteiger partial charge in [0.25, 0.3) is 5.91 Å². The summed E-state index contributed by atoms with van der Waals surface area (Å²) in [5.74, 6) is -1.29. The van der Waals surface area contributed by atoms with Gasteiger partial charge in [-0.15, -0.1) is 11.3 Å². The van der Waals surface area contributed by atoms with Crippen molar-refractivity contribution >= 4 is 55.6 Å². The Morgan fingerprint density at radius 2 is 1.89 bits per heavy atom. The van der Waals surface area contributed by atoms with E-state index in [1.807, 2.05) is 6.07 Å². The van der Waals surface area contributed by atoms with E-state index < -0.39 is 11.9 Å². The van der Waals surface area contributed by atoms with Gasteiger partial charge in [0.1, 0.15) is 10.7 Å². The number of fused-ring (bicyclic) bond motifs is 1. The standard InChI is InChI=1S/C27H26BrN3O4S/c1-3-35-27(34)24-19-11-7-8-12-23(19)36-26(24)31-21(14-22(32)17-9-5-4-6-10-17)25(33)30-20-13-18(28)15-29-16(20)2/h4-6,9-10,13-15,31H,3,7-8,11-12H2,1-2H3,(H,30,33)/b21-14-. The van der Waals surface area contributed by atoms with E-state index in [-0.39, 0.29) is 18.1 Å². The zero-order valence-corrected chi connectivity index (χ0v) is 22.4. The molecule has 1 amide bonds. The second kappa shape index (κ2) is 11.6. The van der Waals surface area contributed by atoms with Crippen LogP contribution >= 0.6 is 27.3 Å². The molecule has 0 aliphatic heterocycles. The number of ether oxygens (including phenoxy) is 1. The lowest BCUT2D eigenvalue weighted by Gasteiger charge is -2.14. The maximum atomic E-state index is 13.4. The number of aryl methyl sites for hydroxylation is 2. The highest BCUT2D eigenvalue weighted by Crippen LogP contribution is 2.39. The molecule has 0 unspecified atom stereocenters. The Labute approximate surface area is 222 Å². The number of aromatic nitrogens is 1. The average Bonchev–Trinajstić information content (AvgIpc) is 3.24. The Morgan fingerprint density at radius 3 is 2.64 bits per heavy atom. The van der Waals surface area contributed by atoms with Crippen LogP contribution in [0, 0.1) is 6.92 Å². The molecule has 2 aromatic heterocycles. The highest BCUT2D eigenvalue weighted by atomic mass is 79.9. The predicted octanol–water partition coefficient (Wildman–Crippen LogP) is 6.09. The molecule has 0 atom stereocenters. The van der Waals surface area contributed by atoms with Crippen LogP contribution in [-0.4, -0.2) is 29.3 Å². The van der Waals surface area contributed by atoms with Crippen LogP contribution in [0.15, 0.2) is 58.8 Å². The first-order valence-corrected chi connectivity index (χ1v) is 13.3. The Balaban J connectivity index is 1.74. The second-order valence-corrected chi connectivity index (χ2v) is 10.3. The van der Waals surface area contributed by atoms with E-state index in [1.165, 1.54) is 17.4 Å². The number of carbonyl (C=O) groups is 3. The number of benzene rings is 1. The van der Waals surface area contributed by atoms with Crippen LogP contribution < -0.4 is 10.6 Å². The summed E-state index contributed by atoms with van der Waals surface area (Å²) < 4.78 is 6.04. The van der Waals surface area contributed by atoms with Crippen LogP contribution in [0.3, 0.4) is 0 Å². The van der Waals surface area contributed by atoms with Gasteiger partial charge < -0.3 is 15.4 Å². The lowest BCUT2D eigenvalue weighted by Crippen LogP contribution is -2.22. The molecule has 36 heavy (non-hydrogen) atoms. The third-order valence-corrected chi connectivity index (χ3v) is 7.42. The first-order valence-electron chi connectivity index (χ1n) is 11.7. The molecule has 0 radical (unpaired) electrons. The Morgan fingerprint density at radius 1 is 1.14 bits per heavy atom. The molecule has 0 saturated heterocycles. The number of carbonyl (C=O) groups excluding carboxylic acids is 3. The fourth-order valence-corrected chi connectivity index (χ4v) is 5.62. The predicted molar refractivity (Wildman–Crippen MR) is 145 cm³/mol. The van der Waals surface area contributed by atoms with Gasteiger partial charge in [-0.25, -0.2) is 4.79 Å². The van der Waals surface area contributed by atoms with Crippen molar-refractivity contribution < 1.29 is 19.1 Å². The van der Waals surface area contributed by atoms with E-state index in [4.69, 9.17) is 4.74 Å². The van der Waals surface area contributed by atoms with Gasteiger partial charge in [0, 0.05) is 27.2 Å². The summed E-state index contributed by atoms with van der Waals surface area (Å²) >= 11 is 4.81. The summed E-state index contributed by atoms with van der Waals surface area (Å²) in [7, 11) is 0. The number of thiophene rings is 1. The number of nitrogens with zero attached hydrogens (tertiary/aromatic N) is 1. The molecule has 0 bridgehead atoms. The second-order valence-electron chi connectivity index (χ2n) is 8.29. The average molecular weight is 568 g/mol. The summed E-state index contributed by atoms with van der Waals surface area (Å²) in [6, 6.07) is 10.4. The Kier molecular flexibility index (Phi) is 8.32. The van der Waals surface area contributed by atoms with E-state index in [9.17, 15) is 14.4 Å². The molecular formula is C27H26BrN3O4S. The lowest BCUT2D eigenvalue weighted by molar-refractivity contribution is -0.112. The number of esters is 1. The van der Waals surface area contributed by atoms with Gasteiger partial charge in [0.15, 0.2) is 5.78 Å². The molecule has 1 aliphatic rings. The molecule has 1 aromatic carbocycles. The van der Waals surface area contributed by atoms with E-state index in [1.54, 1.807) is 50.4 Å². The van der Waals surface area contributed by atoms with Crippen LogP contribution in [0.5, 0.6) is 0 Å². The molecule has 2 N–H and O–H groups in total. The Hall–Kier alpha value is -3.30. The third-order valence-electron chi connectivity index (χ3n) is 5.78. The normalized spacial score (nSPS) is 13.0. The van der Waals surface area contributed by atoms with Crippen molar-refractivity contribution in [3.63, 3.8) is 0 Å². The minimum absolute atomic E-state index is 0.0207. The van der Waals surface area contributed by atoms with Crippen molar-refractivity contribution in [3.05, 3.63) is 86.1 Å². The number of allylic oxidation sites excluding steroid dienone is 1. The molecule has 3 aromatic rings. The molecule has 186 valence electrons. The summed E-state index contributed by atoms with van der Waals surface area (Å²) in [5, 5.41) is 6.46. The highest BCUT2D eigenvalue weighted by molar-refractivity contribution is 9.10. The fourth-order valence-electron chi connectivity index (χ4n) is 3.99. The van der Waals surface area contributed by atoms with Gasteiger partial charge in [0.05, 0.1) is 23.6 Å². The number of rotatable bonds is 8. The summed E-state index contributed by atoms with van der Waals surface area (Å²) in [4.78, 5) is 44.8. The molecule has 2 heterocycles. The number of hydrogen-bond donors (Lipinski definition) is 2. The van der Waals surface area contributed by atoms with E-state index in [0.29, 0.717) is 32.0 Å². The number of nitrogens with one attached hydrogen (secondary N) is 2. The molecule has 1 aliphatic carbocycles. The fraction of sp³-hybridized carbons (Fsp3) is 0.259. The summed E-state index contributed by atoms with van der Waals surface area (Å²) in [5.41, 5.74) is 3.01. The SMILES string of the molecule is CCOC(=O)c1c(N/C(=C\C(=O)c2ccccc2)C(=O)Nc2cc(Br)cnc2C)sc2c1CCCC2. The first-order chi connectivity index (χ1) is 17.4. The number of anilines is 2. The van der Waals surface area contributed by atoms with Gasteiger partial charge >= 0.3 is 5.97 Å². The molecule has 7 nitrogen and oxygen atoms in total. The zero-order valence-electron chi connectivity index (χ0n) is 20.0. The smallest absolute Gasteiger partial charge is 0.341 e. The molecule has 0 spiro atoms. The quantitative estimate of drug-likeness (QED) is 0.194. The first kappa shape index (κ1) is 25.8. The maximum Gasteiger partial charge on any atom is 0.341 e. The zero-order chi connectivity index (χ0) is 25.7. The minimum atomic E-state index is -0.525. The number of pyridine rings is 1. The topological polar surface area (TPSA) is 97.4 Å². The third kappa shape index (κ3) is 5.91. The number of amides is 1. The molecule has 0 saturated carbocycles. The van der Waals surface area contributed by atoms with Crippen molar-refractivity contribution in [1.29, 1.82) is 0 Å². The van der Waals surface area contributed by atoms with Gasteiger partial charge in [-0.3, -0.25) is 14.6 Å². The minimum Gasteiger partial charge on any atom is -0.462 e. The van der Waals surface area contributed by atoms with Crippen LogP contribution in [0.4, 0.5) is 10.7 Å². The van der Waals surface area contributed by atoms with Crippen molar-refractivity contribution in [3.8, 4) is 0 Å². The van der Waals surface area contributed by atoms with Crippen molar-refractivity contribution in [2.24, 2.45) is 0 Å². The van der Waals surface area contributed by atoms with Crippen LogP contribution in [0.25, 0.3) is 0 Å². The molecule has 4 rings (SSSR count). The Bertz CT molecular complexity index is 1330. The monoisotopic (exact) mass is 567 g/mol. The molecule has 0 fully saturated rings. The maximum absolute atomic E-state index is 13.4. The van der Waals surface area contributed by atoms with Gasteiger partial charge in [0.2, 0.25) is 0 Å². The lowest BCUT2D eigenvalue weighted by atomic mass is 9.95. The van der Waals surface area contributed by atoms with Crippen LogP contribution in [-0.2, 0) is 22.4 Å². The molecular weight excluding hydrogens is 542 g/mol. The van der Waals surface area contributed by atoms with E-state index >= 15 is 0 Å². The number of hydrogen-bond acceptors (Lipinski definition) is 7. The number of halogens is 1. The highest BCUT2D eigenvalue weighted by Gasteiger charge is 2.28. The van der Waals surface area contributed by atoms with E-state index in [0.717, 1.165) is 36.1 Å².